The third kappa shape index (κ3) is 14.1. The smallest absolute Gasteiger partial charge is 0.362 e. The molecule has 3 unspecified atom stereocenters. The summed E-state index contributed by atoms with van der Waals surface area (Å²) in [5, 5.41) is 30.0. The monoisotopic (exact) mass is 568 g/mol. The maximum Gasteiger partial charge on any atom is 0.362 e. The quantitative estimate of drug-likeness (QED) is 0.0495. The van der Waals surface area contributed by atoms with E-state index >= 15 is 0 Å². The first-order valence-corrected chi connectivity index (χ1v) is 16.4. The van der Waals surface area contributed by atoms with Gasteiger partial charge in [0.05, 0.1) is 6.54 Å². The minimum atomic E-state index is -1.12. The molecule has 0 aromatic carbocycles. The molecule has 0 heterocycles. The van der Waals surface area contributed by atoms with Gasteiger partial charge in [0.1, 0.15) is 0 Å². The van der Waals surface area contributed by atoms with Gasteiger partial charge in [0.25, 0.3) is 0 Å². The van der Waals surface area contributed by atoms with E-state index in [9.17, 15) is 29.7 Å². The second-order valence-electron chi connectivity index (χ2n) is 11.5. The van der Waals surface area contributed by atoms with Crippen molar-refractivity contribution in [1.82, 2.24) is 0 Å². The number of carboxylic acids is 3. The van der Waals surface area contributed by atoms with Crippen molar-refractivity contribution in [3.63, 3.8) is 0 Å². The highest BCUT2D eigenvalue weighted by atomic mass is 16.4. The first-order valence-electron chi connectivity index (χ1n) is 16.4. The Hall–Kier alpha value is -1.89. The summed E-state index contributed by atoms with van der Waals surface area (Å²) in [5.74, 6) is -3.35. The number of hydrogen-bond acceptors (Lipinski definition) is 3. The minimum absolute atomic E-state index is 0.192. The summed E-state index contributed by atoms with van der Waals surface area (Å²) in [4.78, 5) is 36.8. The number of aliphatic carboxylic acids is 3. The van der Waals surface area contributed by atoms with E-state index in [2.05, 4.69) is 19.1 Å². The molecule has 0 aliphatic heterocycles. The number of carbonyl (C=O) groups is 3. The topological polar surface area (TPSA) is 112 Å². The van der Waals surface area contributed by atoms with Gasteiger partial charge in [-0.1, -0.05) is 110 Å². The molecule has 0 aliphatic rings. The molecule has 0 amide bonds. The number of nitrogens with zero attached hydrogens (tertiary/aromatic N) is 1. The third-order valence-corrected chi connectivity index (χ3v) is 8.56. The van der Waals surface area contributed by atoms with Gasteiger partial charge in [-0.05, 0) is 38.5 Å². The summed E-state index contributed by atoms with van der Waals surface area (Å²) >= 11 is 0. The second kappa shape index (κ2) is 23.8. The number of hydrogen-bond donors (Lipinski definition) is 3. The van der Waals surface area contributed by atoms with Crippen LogP contribution in [-0.2, 0) is 14.4 Å². The van der Waals surface area contributed by atoms with Crippen molar-refractivity contribution in [2.45, 2.75) is 174 Å². The van der Waals surface area contributed by atoms with E-state index in [0.717, 1.165) is 19.3 Å². The predicted molar refractivity (Wildman–Crippen MR) is 164 cm³/mol. The molecule has 7 nitrogen and oxygen atoms in total. The van der Waals surface area contributed by atoms with E-state index < -0.39 is 40.5 Å². The number of allylic oxidation sites excluding steroid dienone is 2. The molecule has 0 aliphatic carbocycles. The van der Waals surface area contributed by atoms with Crippen molar-refractivity contribution < 1.29 is 34.2 Å². The van der Waals surface area contributed by atoms with Gasteiger partial charge < -0.3 is 15.3 Å². The average Bonchev–Trinajstić information content (AvgIpc) is 2.90. The van der Waals surface area contributed by atoms with Gasteiger partial charge >= 0.3 is 17.9 Å². The second-order valence-corrected chi connectivity index (χ2v) is 11.5. The lowest BCUT2D eigenvalue weighted by Gasteiger charge is -2.49. The van der Waals surface area contributed by atoms with E-state index in [1.807, 2.05) is 0 Å². The fraction of sp³-hybridized carbons (Fsp3) is 0.848. The first-order chi connectivity index (χ1) is 19.2. The van der Waals surface area contributed by atoms with Gasteiger partial charge in [-0.15, -0.1) is 0 Å². The van der Waals surface area contributed by atoms with Crippen LogP contribution >= 0.6 is 0 Å². The van der Waals surface area contributed by atoms with Crippen LogP contribution in [0.15, 0.2) is 12.2 Å². The minimum Gasteiger partial charge on any atom is -0.477 e. The SMILES string of the molecule is CCCCCCCC/C=C/CCCCCCCCCCC[N+](C(CC)C(=O)O)(C(CC)C(=O)O)C(CC)C(=O)O. The lowest BCUT2D eigenvalue weighted by molar-refractivity contribution is -0.973. The molecular weight excluding hydrogens is 506 g/mol. The van der Waals surface area contributed by atoms with Crippen LogP contribution in [0.25, 0.3) is 0 Å². The van der Waals surface area contributed by atoms with Crippen LogP contribution in [-0.4, -0.2) is 62.4 Å². The summed E-state index contributed by atoms with van der Waals surface area (Å²) < 4.78 is -0.406. The average molecular weight is 569 g/mol. The predicted octanol–water partition coefficient (Wildman–Crippen LogP) is 8.60. The van der Waals surface area contributed by atoms with Crippen LogP contribution in [0, 0.1) is 0 Å². The Kier molecular flexibility index (Phi) is 22.7. The van der Waals surface area contributed by atoms with E-state index in [0.29, 0.717) is 6.42 Å². The van der Waals surface area contributed by atoms with Crippen molar-refractivity contribution in [3.8, 4) is 0 Å². The van der Waals surface area contributed by atoms with Crippen LogP contribution in [0.3, 0.4) is 0 Å². The molecule has 40 heavy (non-hydrogen) atoms. The van der Waals surface area contributed by atoms with Gasteiger partial charge in [0.15, 0.2) is 18.1 Å². The van der Waals surface area contributed by atoms with Gasteiger partial charge in [-0.25, -0.2) is 14.4 Å². The van der Waals surface area contributed by atoms with Crippen molar-refractivity contribution >= 4 is 17.9 Å². The maximum atomic E-state index is 12.3. The molecule has 0 aromatic heterocycles. The van der Waals surface area contributed by atoms with Crippen molar-refractivity contribution in [1.29, 1.82) is 0 Å². The Morgan fingerprint density at radius 1 is 0.500 bits per heavy atom. The summed E-state index contributed by atoms with van der Waals surface area (Å²) in [7, 11) is 0. The Labute approximate surface area is 245 Å². The molecule has 234 valence electrons. The highest BCUT2D eigenvalue weighted by molar-refractivity contribution is 5.78. The standard InChI is InChI=1S/C33H61NO6/c1-5-9-10-11-12-13-14-15-16-17-18-19-20-21-22-23-24-25-26-27-34(28(6-2)31(35)36,29(7-3)32(37)38)30(8-4)33(39)40/h15-16,28-30H,5-14,17-27H2,1-4H3,(H2-,35,36,37,38,39,40)/p+1/b16-15+. The number of unbranched alkanes of at least 4 members (excludes halogenated alkanes) is 15. The normalized spacial score (nSPS) is 15.5. The molecule has 0 saturated carbocycles. The van der Waals surface area contributed by atoms with Crippen LogP contribution in [0.1, 0.15) is 156 Å². The zero-order chi connectivity index (χ0) is 30.2. The summed E-state index contributed by atoms with van der Waals surface area (Å²) in [6.45, 7) is 7.64. The molecule has 3 N–H and O–H groups in total. The molecule has 7 heteroatoms. The van der Waals surface area contributed by atoms with Gasteiger partial charge in [0.2, 0.25) is 0 Å². The molecular formula is C33H62NO6+. The summed E-state index contributed by atoms with van der Waals surface area (Å²) in [6.07, 6.45) is 25.5. The van der Waals surface area contributed by atoms with Crippen molar-refractivity contribution in [3.05, 3.63) is 12.2 Å². The van der Waals surface area contributed by atoms with Crippen LogP contribution in [0.2, 0.25) is 0 Å². The Balaban J connectivity index is 4.52. The Bertz CT molecular complexity index is 652. The Morgan fingerprint density at radius 2 is 0.800 bits per heavy atom. The van der Waals surface area contributed by atoms with E-state index in [1.54, 1.807) is 20.8 Å². The molecule has 3 atom stereocenters. The molecule has 0 aromatic rings. The fourth-order valence-electron chi connectivity index (χ4n) is 6.44. The molecule has 0 rings (SSSR count). The Morgan fingerprint density at radius 3 is 1.10 bits per heavy atom. The highest BCUT2D eigenvalue weighted by Gasteiger charge is 2.55. The summed E-state index contributed by atoms with van der Waals surface area (Å²) in [6, 6.07) is -3.19. The zero-order valence-corrected chi connectivity index (χ0v) is 26.2. The maximum absolute atomic E-state index is 12.3. The zero-order valence-electron chi connectivity index (χ0n) is 26.2. The molecule has 0 saturated heterocycles. The van der Waals surface area contributed by atoms with Gasteiger partial charge in [-0.3, -0.25) is 4.48 Å². The number of carboxylic acid groups (broad SMARTS) is 3. The third-order valence-electron chi connectivity index (χ3n) is 8.56. The highest BCUT2D eigenvalue weighted by Crippen LogP contribution is 2.32. The molecule has 0 bridgehead atoms. The number of rotatable bonds is 28. The van der Waals surface area contributed by atoms with Crippen LogP contribution in [0.4, 0.5) is 0 Å². The van der Waals surface area contributed by atoms with Crippen molar-refractivity contribution in [2.24, 2.45) is 0 Å². The largest absolute Gasteiger partial charge is 0.477 e. The van der Waals surface area contributed by atoms with Crippen LogP contribution < -0.4 is 0 Å². The molecule has 0 radical (unpaired) electrons. The van der Waals surface area contributed by atoms with Gasteiger partial charge in [0, 0.05) is 19.3 Å². The number of quaternary nitrogens is 1. The van der Waals surface area contributed by atoms with Crippen molar-refractivity contribution in [2.75, 3.05) is 6.54 Å². The fourth-order valence-corrected chi connectivity index (χ4v) is 6.44. The molecule has 0 fully saturated rings. The molecule has 0 spiro atoms. The first kappa shape index (κ1) is 38.1. The van der Waals surface area contributed by atoms with Crippen LogP contribution in [0.5, 0.6) is 0 Å². The van der Waals surface area contributed by atoms with E-state index in [4.69, 9.17) is 0 Å². The lowest BCUT2D eigenvalue weighted by atomic mass is 9.93. The van der Waals surface area contributed by atoms with Gasteiger partial charge in [-0.2, -0.15) is 0 Å². The lowest BCUT2D eigenvalue weighted by Crippen LogP contribution is -2.72. The van der Waals surface area contributed by atoms with E-state index in [1.165, 1.54) is 83.5 Å². The summed E-state index contributed by atoms with van der Waals surface area (Å²) in [5.41, 5.74) is 0. The van der Waals surface area contributed by atoms with E-state index in [-0.39, 0.29) is 25.8 Å².